The molecule has 0 aliphatic rings. The van der Waals surface area contributed by atoms with Crippen LogP contribution in [0.15, 0.2) is 0 Å². The first-order valence-electron chi connectivity index (χ1n) is 6.78. The van der Waals surface area contributed by atoms with E-state index in [9.17, 15) is 5.11 Å². The Kier molecular flexibility index (Phi) is 6.90. The molecule has 0 aliphatic heterocycles. The lowest BCUT2D eigenvalue weighted by Gasteiger charge is -2.09. The highest BCUT2D eigenvalue weighted by Crippen LogP contribution is 2.13. The molecule has 18 heavy (non-hydrogen) atoms. The molecule has 0 spiro atoms. The zero-order chi connectivity index (χ0) is 13.4. The van der Waals surface area contributed by atoms with Crippen molar-refractivity contribution >= 4 is 0 Å². The van der Waals surface area contributed by atoms with Crippen LogP contribution in [0.5, 0.6) is 0 Å². The van der Waals surface area contributed by atoms with Crippen LogP contribution >= 0.6 is 0 Å². The molecule has 104 valence electrons. The maximum absolute atomic E-state index is 9.27. The second-order valence-electron chi connectivity index (χ2n) is 4.85. The Morgan fingerprint density at radius 3 is 2.78 bits per heavy atom. The first-order chi connectivity index (χ1) is 8.69. The van der Waals surface area contributed by atoms with Crippen molar-refractivity contribution < 1.29 is 9.84 Å². The molecule has 1 aromatic rings. The second-order valence-corrected chi connectivity index (χ2v) is 4.85. The monoisotopic (exact) mass is 255 g/mol. The van der Waals surface area contributed by atoms with Gasteiger partial charge in [0, 0.05) is 19.8 Å². The van der Waals surface area contributed by atoms with Crippen molar-refractivity contribution in [1.82, 2.24) is 15.0 Å². The number of hydrogen-bond acceptors (Lipinski definition) is 4. The maximum Gasteiger partial charge on any atom is 0.111 e. The maximum atomic E-state index is 9.27. The molecular formula is C13H25N3O2. The normalized spacial score (nSPS) is 11.4. The van der Waals surface area contributed by atoms with Crippen LogP contribution in [0.25, 0.3) is 0 Å². The molecule has 0 unspecified atom stereocenters. The van der Waals surface area contributed by atoms with E-state index >= 15 is 0 Å². The Balaban J connectivity index is 2.56. The fourth-order valence-corrected chi connectivity index (χ4v) is 1.83. The van der Waals surface area contributed by atoms with Gasteiger partial charge in [-0.1, -0.05) is 19.1 Å². The van der Waals surface area contributed by atoms with Gasteiger partial charge in [0.15, 0.2) is 0 Å². The standard InChI is InChI=1S/C13H25N3O2/c1-4-18-9-5-8-16-13(7-6-11(2)3)12(10-17)14-15-16/h11,17H,4-10H2,1-3H3. The molecule has 0 aliphatic carbocycles. The van der Waals surface area contributed by atoms with E-state index in [0.717, 1.165) is 44.7 Å². The molecule has 0 saturated heterocycles. The molecule has 1 rings (SSSR count). The summed E-state index contributed by atoms with van der Waals surface area (Å²) >= 11 is 0. The van der Waals surface area contributed by atoms with Gasteiger partial charge in [0.1, 0.15) is 5.69 Å². The van der Waals surface area contributed by atoms with Crippen molar-refractivity contribution in [2.24, 2.45) is 5.92 Å². The van der Waals surface area contributed by atoms with Crippen LogP contribution in [-0.4, -0.2) is 33.3 Å². The predicted molar refractivity (Wildman–Crippen MR) is 70.2 cm³/mol. The predicted octanol–water partition coefficient (Wildman–Crippen LogP) is 1.79. The molecule has 1 N–H and O–H groups in total. The fourth-order valence-electron chi connectivity index (χ4n) is 1.83. The number of ether oxygens (including phenoxy) is 1. The third-order valence-electron chi connectivity index (χ3n) is 2.89. The summed E-state index contributed by atoms with van der Waals surface area (Å²) in [4.78, 5) is 0. The van der Waals surface area contributed by atoms with E-state index in [0.29, 0.717) is 11.6 Å². The number of aliphatic hydroxyl groups excluding tert-OH is 1. The van der Waals surface area contributed by atoms with Crippen LogP contribution in [0.1, 0.15) is 45.0 Å². The van der Waals surface area contributed by atoms with Crippen molar-refractivity contribution in [1.29, 1.82) is 0 Å². The summed E-state index contributed by atoms with van der Waals surface area (Å²) in [6, 6.07) is 0. The summed E-state index contributed by atoms with van der Waals surface area (Å²) in [5.41, 5.74) is 1.79. The molecule has 0 saturated carbocycles. The van der Waals surface area contributed by atoms with Gasteiger partial charge in [0.2, 0.25) is 0 Å². The Morgan fingerprint density at radius 2 is 2.17 bits per heavy atom. The molecule has 0 bridgehead atoms. The topological polar surface area (TPSA) is 60.2 Å². The van der Waals surface area contributed by atoms with Crippen LogP contribution in [0.3, 0.4) is 0 Å². The van der Waals surface area contributed by atoms with Gasteiger partial charge in [-0.25, -0.2) is 4.68 Å². The summed E-state index contributed by atoms with van der Waals surface area (Å²) < 4.78 is 7.23. The summed E-state index contributed by atoms with van der Waals surface area (Å²) in [5.74, 6) is 0.642. The van der Waals surface area contributed by atoms with E-state index in [4.69, 9.17) is 4.74 Å². The molecule has 0 atom stereocenters. The van der Waals surface area contributed by atoms with Crippen molar-refractivity contribution in [3.8, 4) is 0 Å². The highest BCUT2D eigenvalue weighted by Gasteiger charge is 2.12. The zero-order valence-corrected chi connectivity index (χ0v) is 11.7. The average molecular weight is 255 g/mol. The highest BCUT2D eigenvalue weighted by molar-refractivity contribution is 5.09. The number of aryl methyl sites for hydroxylation is 1. The van der Waals surface area contributed by atoms with Crippen LogP contribution in [-0.2, 0) is 24.3 Å². The number of aromatic nitrogens is 3. The largest absolute Gasteiger partial charge is 0.390 e. The van der Waals surface area contributed by atoms with Gasteiger partial charge >= 0.3 is 0 Å². The van der Waals surface area contributed by atoms with Crippen LogP contribution in [0.2, 0.25) is 0 Å². The summed E-state index contributed by atoms with van der Waals surface area (Å²) in [5, 5.41) is 17.4. The lowest BCUT2D eigenvalue weighted by Crippen LogP contribution is -2.09. The Hall–Kier alpha value is -0.940. The molecule has 0 aromatic carbocycles. The van der Waals surface area contributed by atoms with Gasteiger partial charge in [-0.2, -0.15) is 0 Å². The van der Waals surface area contributed by atoms with Gasteiger partial charge in [-0.3, -0.25) is 0 Å². The zero-order valence-electron chi connectivity index (χ0n) is 11.7. The van der Waals surface area contributed by atoms with Crippen molar-refractivity contribution in [2.45, 2.75) is 53.2 Å². The van der Waals surface area contributed by atoms with Crippen LogP contribution in [0, 0.1) is 5.92 Å². The first kappa shape index (κ1) is 15.1. The summed E-state index contributed by atoms with van der Waals surface area (Å²) in [7, 11) is 0. The Bertz CT molecular complexity index is 337. The molecule has 0 radical (unpaired) electrons. The van der Waals surface area contributed by atoms with E-state index in [-0.39, 0.29) is 6.61 Å². The average Bonchev–Trinajstić information content (AvgIpc) is 2.74. The molecular weight excluding hydrogens is 230 g/mol. The minimum atomic E-state index is -0.0289. The van der Waals surface area contributed by atoms with Gasteiger partial charge in [0.25, 0.3) is 0 Å². The minimum Gasteiger partial charge on any atom is -0.390 e. The van der Waals surface area contributed by atoms with Crippen LogP contribution in [0.4, 0.5) is 0 Å². The van der Waals surface area contributed by atoms with E-state index in [1.54, 1.807) is 0 Å². The lowest BCUT2D eigenvalue weighted by atomic mass is 10.1. The number of hydrogen-bond donors (Lipinski definition) is 1. The van der Waals surface area contributed by atoms with Gasteiger partial charge in [-0.15, -0.1) is 5.10 Å². The molecule has 1 aromatic heterocycles. The Morgan fingerprint density at radius 1 is 1.39 bits per heavy atom. The van der Waals surface area contributed by atoms with E-state index in [2.05, 4.69) is 24.2 Å². The SMILES string of the molecule is CCOCCCn1nnc(CO)c1CCC(C)C. The highest BCUT2D eigenvalue weighted by atomic mass is 16.5. The van der Waals surface area contributed by atoms with Crippen LogP contribution < -0.4 is 0 Å². The smallest absolute Gasteiger partial charge is 0.111 e. The minimum absolute atomic E-state index is 0.0289. The Labute approximate surface area is 109 Å². The van der Waals surface area contributed by atoms with Crippen molar-refractivity contribution in [3.63, 3.8) is 0 Å². The van der Waals surface area contributed by atoms with Gasteiger partial charge in [0.05, 0.1) is 12.3 Å². The molecule has 1 heterocycles. The molecule has 5 heteroatoms. The van der Waals surface area contributed by atoms with E-state index in [1.165, 1.54) is 0 Å². The molecule has 5 nitrogen and oxygen atoms in total. The number of nitrogens with zero attached hydrogens (tertiary/aromatic N) is 3. The third-order valence-corrected chi connectivity index (χ3v) is 2.89. The first-order valence-corrected chi connectivity index (χ1v) is 6.78. The van der Waals surface area contributed by atoms with E-state index in [1.807, 2.05) is 11.6 Å². The lowest BCUT2D eigenvalue weighted by molar-refractivity contribution is 0.140. The summed E-state index contributed by atoms with van der Waals surface area (Å²) in [6.07, 6.45) is 2.94. The number of aliphatic hydroxyl groups is 1. The van der Waals surface area contributed by atoms with E-state index < -0.39 is 0 Å². The fraction of sp³-hybridized carbons (Fsp3) is 0.846. The third kappa shape index (κ3) is 4.74. The number of rotatable bonds is 9. The molecule has 0 fully saturated rings. The van der Waals surface area contributed by atoms with Gasteiger partial charge < -0.3 is 9.84 Å². The second kappa shape index (κ2) is 8.21. The van der Waals surface area contributed by atoms with Crippen molar-refractivity contribution in [2.75, 3.05) is 13.2 Å². The summed E-state index contributed by atoms with van der Waals surface area (Å²) in [6.45, 7) is 8.66. The van der Waals surface area contributed by atoms with Crippen molar-refractivity contribution in [3.05, 3.63) is 11.4 Å². The quantitative estimate of drug-likeness (QED) is 0.683. The van der Waals surface area contributed by atoms with Gasteiger partial charge in [-0.05, 0) is 32.1 Å². The molecule has 0 amide bonds.